The maximum atomic E-state index is 12.6. The zero-order valence-electron chi connectivity index (χ0n) is 14.1. The van der Waals surface area contributed by atoms with Crippen molar-refractivity contribution < 1.29 is 4.79 Å². The number of nitrogens with one attached hydrogen (secondary N) is 1. The molecule has 3 atom stereocenters. The van der Waals surface area contributed by atoms with Gasteiger partial charge in [-0.3, -0.25) is 4.79 Å². The molecule has 0 aliphatic carbocycles. The lowest BCUT2D eigenvalue weighted by molar-refractivity contribution is 0.0931. The second kappa shape index (κ2) is 7.42. The number of rotatable bonds is 4. The molecule has 2 aromatic rings. The number of benzene rings is 1. The monoisotopic (exact) mass is 374 g/mol. The van der Waals surface area contributed by atoms with E-state index in [-0.39, 0.29) is 24.0 Å². The molecule has 7 heteroatoms. The van der Waals surface area contributed by atoms with Crippen LogP contribution in [0.3, 0.4) is 0 Å². The maximum absolute atomic E-state index is 12.6. The number of nitriles is 1. The standard InChI is InChI=1S/C18H19ClN4OS/c1-3-14-8-15(11(2)23(14)10-20)21-17(24)18-22-16(9-25-18)12-5-4-6-13(19)7-12/h4-7,9,11,14-15H,3,8H2,1-2H3,(H,21,24)/t11-,14+,15-/m1/s1. The summed E-state index contributed by atoms with van der Waals surface area (Å²) in [6, 6.07) is 7.54. The highest BCUT2D eigenvalue weighted by Crippen LogP contribution is 2.27. The number of aromatic nitrogens is 1. The highest BCUT2D eigenvalue weighted by atomic mass is 35.5. The Morgan fingerprint density at radius 1 is 1.56 bits per heavy atom. The minimum atomic E-state index is -0.190. The van der Waals surface area contributed by atoms with Crippen molar-refractivity contribution in [2.75, 3.05) is 0 Å². The molecule has 1 aliphatic rings. The minimum Gasteiger partial charge on any atom is -0.345 e. The molecule has 1 fully saturated rings. The summed E-state index contributed by atoms with van der Waals surface area (Å²) < 4.78 is 0. The van der Waals surface area contributed by atoms with Crippen molar-refractivity contribution in [3.05, 3.63) is 39.7 Å². The molecule has 0 unspecified atom stereocenters. The molecular formula is C18H19ClN4OS. The highest BCUT2D eigenvalue weighted by Gasteiger charge is 2.38. The van der Waals surface area contributed by atoms with Crippen molar-refractivity contribution >= 4 is 28.8 Å². The first kappa shape index (κ1) is 17.7. The minimum absolute atomic E-state index is 0.00809. The van der Waals surface area contributed by atoms with Gasteiger partial charge in [0.1, 0.15) is 0 Å². The lowest BCUT2D eigenvalue weighted by Gasteiger charge is -2.22. The van der Waals surface area contributed by atoms with Crippen molar-refractivity contribution in [2.24, 2.45) is 0 Å². The Morgan fingerprint density at radius 3 is 3.00 bits per heavy atom. The Kier molecular flexibility index (Phi) is 5.26. The second-order valence-electron chi connectivity index (χ2n) is 6.17. The van der Waals surface area contributed by atoms with Gasteiger partial charge in [-0.15, -0.1) is 11.3 Å². The van der Waals surface area contributed by atoms with E-state index in [9.17, 15) is 10.1 Å². The number of hydrogen-bond donors (Lipinski definition) is 1. The summed E-state index contributed by atoms with van der Waals surface area (Å²) >= 11 is 7.32. The number of carbonyl (C=O) groups is 1. The summed E-state index contributed by atoms with van der Waals surface area (Å²) in [4.78, 5) is 18.8. The second-order valence-corrected chi connectivity index (χ2v) is 7.47. The Balaban J connectivity index is 1.72. The van der Waals surface area contributed by atoms with E-state index in [1.54, 1.807) is 11.0 Å². The first-order chi connectivity index (χ1) is 12.0. The van der Waals surface area contributed by atoms with E-state index in [0.29, 0.717) is 10.0 Å². The van der Waals surface area contributed by atoms with E-state index in [0.717, 1.165) is 24.1 Å². The number of amides is 1. The molecule has 1 aromatic heterocycles. The zero-order chi connectivity index (χ0) is 18.0. The molecular weight excluding hydrogens is 356 g/mol. The number of nitrogens with zero attached hydrogens (tertiary/aromatic N) is 3. The average molecular weight is 375 g/mol. The SMILES string of the molecule is CC[C@H]1C[C@@H](NC(=O)c2nc(-c3cccc(Cl)c3)cs2)[C@@H](C)N1C#N. The first-order valence-corrected chi connectivity index (χ1v) is 9.49. The molecule has 1 aliphatic heterocycles. The predicted octanol–water partition coefficient (Wildman–Crippen LogP) is 3.92. The summed E-state index contributed by atoms with van der Waals surface area (Å²) in [5, 5.41) is 15.3. The van der Waals surface area contributed by atoms with Crippen LogP contribution in [-0.2, 0) is 0 Å². The van der Waals surface area contributed by atoms with Crippen LogP contribution in [0.1, 0.15) is 36.5 Å². The smallest absolute Gasteiger partial charge is 0.280 e. The summed E-state index contributed by atoms with van der Waals surface area (Å²) in [6.45, 7) is 4.03. The highest BCUT2D eigenvalue weighted by molar-refractivity contribution is 7.12. The molecule has 3 rings (SSSR count). The van der Waals surface area contributed by atoms with Crippen LogP contribution < -0.4 is 5.32 Å². The van der Waals surface area contributed by atoms with Gasteiger partial charge in [-0.05, 0) is 31.9 Å². The summed E-state index contributed by atoms with van der Waals surface area (Å²) in [5.41, 5.74) is 1.63. The molecule has 0 saturated carbocycles. The van der Waals surface area contributed by atoms with E-state index >= 15 is 0 Å². The van der Waals surface area contributed by atoms with Crippen LogP contribution in [0, 0.1) is 11.5 Å². The topological polar surface area (TPSA) is 69.0 Å². The quantitative estimate of drug-likeness (QED) is 0.823. The van der Waals surface area contributed by atoms with Crippen LogP contribution in [0.2, 0.25) is 5.02 Å². The lowest BCUT2D eigenvalue weighted by Crippen LogP contribution is -2.42. The van der Waals surface area contributed by atoms with E-state index in [2.05, 4.69) is 23.4 Å². The van der Waals surface area contributed by atoms with Gasteiger partial charge in [-0.25, -0.2) is 4.98 Å². The fourth-order valence-corrected chi connectivity index (χ4v) is 4.15. The Labute approximate surface area is 156 Å². The number of halogens is 1. The van der Waals surface area contributed by atoms with Crippen LogP contribution in [0.4, 0.5) is 0 Å². The molecule has 0 radical (unpaired) electrons. The van der Waals surface area contributed by atoms with E-state index < -0.39 is 0 Å². The molecule has 0 spiro atoms. The molecule has 1 amide bonds. The number of thiazole rings is 1. The largest absolute Gasteiger partial charge is 0.345 e. The molecule has 130 valence electrons. The van der Waals surface area contributed by atoms with Gasteiger partial charge in [0.2, 0.25) is 0 Å². The number of hydrogen-bond acceptors (Lipinski definition) is 5. The third kappa shape index (κ3) is 3.63. The zero-order valence-corrected chi connectivity index (χ0v) is 15.6. The molecule has 1 aromatic carbocycles. The van der Waals surface area contributed by atoms with Crippen molar-refractivity contribution in [1.82, 2.24) is 15.2 Å². The molecule has 1 saturated heterocycles. The fraction of sp³-hybridized carbons (Fsp3) is 0.389. The van der Waals surface area contributed by atoms with Gasteiger partial charge in [0, 0.05) is 22.0 Å². The van der Waals surface area contributed by atoms with Crippen molar-refractivity contribution in [1.29, 1.82) is 5.26 Å². The van der Waals surface area contributed by atoms with Crippen molar-refractivity contribution in [3.8, 4) is 17.5 Å². The Morgan fingerprint density at radius 2 is 2.36 bits per heavy atom. The van der Waals surface area contributed by atoms with Gasteiger partial charge in [0.25, 0.3) is 5.91 Å². The predicted molar refractivity (Wildman–Crippen MR) is 99.4 cm³/mol. The van der Waals surface area contributed by atoms with Gasteiger partial charge < -0.3 is 10.2 Å². The van der Waals surface area contributed by atoms with Crippen LogP contribution >= 0.6 is 22.9 Å². The molecule has 25 heavy (non-hydrogen) atoms. The van der Waals surface area contributed by atoms with E-state index in [1.165, 1.54) is 11.3 Å². The fourth-order valence-electron chi connectivity index (χ4n) is 3.23. The number of likely N-dealkylation sites (tertiary alicyclic amines) is 1. The summed E-state index contributed by atoms with van der Waals surface area (Å²) in [5.74, 6) is -0.190. The first-order valence-electron chi connectivity index (χ1n) is 8.24. The van der Waals surface area contributed by atoms with Gasteiger partial charge in [-0.1, -0.05) is 30.7 Å². The van der Waals surface area contributed by atoms with Gasteiger partial charge >= 0.3 is 0 Å². The van der Waals surface area contributed by atoms with E-state index in [4.69, 9.17) is 11.6 Å². The third-order valence-corrected chi connectivity index (χ3v) is 5.74. The van der Waals surface area contributed by atoms with Gasteiger partial charge in [-0.2, -0.15) is 5.26 Å². The average Bonchev–Trinajstić information content (AvgIpc) is 3.20. The summed E-state index contributed by atoms with van der Waals surface area (Å²) in [7, 11) is 0. The van der Waals surface area contributed by atoms with Gasteiger partial charge in [0.15, 0.2) is 11.2 Å². The molecule has 1 N–H and O–H groups in total. The Hall–Kier alpha value is -2.10. The maximum Gasteiger partial charge on any atom is 0.280 e. The van der Waals surface area contributed by atoms with Crippen molar-refractivity contribution in [2.45, 2.75) is 44.8 Å². The van der Waals surface area contributed by atoms with Crippen LogP contribution in [0.15, 0.2) is 29.6 Å². The lowest BCUT2D eigenvalue weighted by atomic mass is 10.1. The molecule has 2 heterocycles. The number of carbonyl (C=O) groups excluding carboxylic acids is 1. The van der Waals surface area contributed by atoms with Crippen LogP contribution in [0.25, 0.3) is 11.3 Å². The van der Waals surface area contributed by atoms with Crippen LogP contribution in [-0.4, -0.2) is 33.9 Å². The Bertz CT molecular complexity index is 815. The van der Waals surface area contributed by atoms with Crippen molar-refractivity contribution in [3.63, 3.8) is 0 Å². The van der Waals surface area contributed by atoms with Crippen LogP contribution in [0.5, 0.6) is 0 Å². The van der Waals surface area contributed by atoms with Gasteiger partial charge in [0.05, 0.1) is 17.8 Å². The normalized spacial score (nSPS) is 22.6. The summed E-state index contributed by atoms with van der Waals surface area (Å²) in [6.07, 6.45) is 3.92. The third-order valence-electron chi connectivity index (χ3n) is 4.66. The molecule has 0 bridgehead atoms. The molecule has 5 nitrogen and oxygen atoms in total. The van der Waals surface area contributed by atoms with E-state index in [1.807, 2.05) is 30.5 Å².